The number of nitrogen functional groups attached to an aromatic ring is 2. The van der Waals surface area contributed by atoms with Gasteiger partial charge in [-0.25, -0.2) is 29.1 Å². The van der Waals surface area contributed by atoms with Crippen molar-refractivity contribution in [3.8, 4) is 0 Å². The lowest BCUT2D eigenvalue weighted by molar-refractivity contribution is -0.0550. The quantitative estimate of drug-likeness (QED) is 0.0837. The van der Waals surface area contributed by atoms with Gasteiger partial charge in [0.15, 0.2) is 35.8 Å². The predicted octanol–water partition coefficient (Wildman–Crippen LogP) is -5.65. The van der Waals surface area contributed by atoms with Crippen molar-refractivity contribution in [1.29, 1.82) is 0 Å². The molecule has 3 aliphatic rings. The van der Waals surface area contributed by atoms with E-state index in [1.807, 2.05) is 4.98 Å². The molecule has 0 saturated carbocycles. The van der Waals surface area contributed by atoms with Crippen molar-refractivity contribution in [2.75, 3.05) is 31.3 Å². The zero-order valence-electron chi connectivity index (χ0n) is 27.4. The number of hydrogen-bond donors (Lipinski definition) is 11. The summed E-state index contributed by atoms with van der Waals surface area (Å²) < 4.78 is 33.3. The summed E-state index contributed by atoms with van der Waals surface area (Å²) in [6.07, 6.45) is -6.58. The van der Waals surface area contributed by atoms with Gasteiger partial charge in [-0.2, -0.15) is 0 Å². The van der Waals surface area contributed by atoms with Crippen LogP contribution < -0.4 is 28.5 Å². The fourth-order valence-electron chi connectivity index (χ4n) is 5.73. The van der Waals surface area contributed by atoms with Crippen LogP contribution in [0.2, 0.25) is 0 Å². The smallest absolute Gasteiger partial charge is 0.330 e. The number of carbonyl (C=O) groups excluding carboxylic acids is 1. The Balaban J connectivity index is 0.000000153. The Bertz CT molecular complexity index is 1990. The maximum atomic E-state index is 13.9. The maximum Gasteiger partial charge on any atom is 0.330 e. The highest BCUT2D eigenvalue weighted by Gasteiger charge is 2.45. The lowest BCUT2D eigenvalue weighted by Crippen LogP contribution is -2.37. The Hall–Kier alpha value is -4.96. The standard InChI is InChI=1S/C10H12FN5O2.C9H14N4O5.C9H12N2O6/c11-6-1-5(2-17)18-10(6)16-4-15-7-8(12)13-3-14-9(7)16;10-7-4(8(11)17)12-2-13(7)9-6(16)5(15)3(1-14)18-9;12-3-4-6(14)7(15)8(17-4)11-2-1-5(13)10-9(11)16/h3-6,10,17H,1-2H2,(H2,12,13,14);2-3,5-6,9,14-16H,1,10H2,(H2,11,17);1-2,4,6-8,12,14-15H,3H2,(H,10,13,16)/t5-,6-,10+;3-,5-,6-,9-;4-,6-,7-,8-/m011/s1. The van der Waals surface area contributed by atoms with Crippen LogP contribution in [-0.4, -0.2) is 149 Å². The number of hydrogen-bond acceptors (Lipinski definition) is 19. The van der Waals surface area contributed by atoms with Crippen LogP contribution in [-0.2, 0) is 14.2 Å². The molecule has 4 aromatic rings. The molecule has 0 aromatic carbocycles. The van der Waals surface area contributed by atoms with Gasteiger partial charge in [0.1, 0.15) is 60.5 Å². The molecule has 7 heterocycles. The normalized spacial score (nSPS) is 30.8. The molecule has 7 rings (SSSR count). The minimum atomic E-state index is -1.35. The molecule has 53 heavy (non-hydrogen) atoms. The Kier molecular flexibility index (Phi) is 12.1. The first kappa shape index (κ1) is 39.3. The fraction of sp³-hybridized carbons (Fsp3) is 0.536. The molecule has 3 fully saturated rings. The van der Waals surface area contributed by atoms with E-state index < -0.39 is 98.0 Å². The van der Waals surface area contributed by atoms with Crippen molar-refractivity contribution in [1.82, 2.24) is 38.6 Å². The number of aliphatic hydroxyl groups excluding tert-OH is 7. The van der Waals surface area contributed by atoms with Gasteiger partial charge in [0, 0.05) is 18.7 Å². The van der Waals surface area contributed by atoms with E-state index in [9.17, 15) is 39.2 Å². The Morgan fingerprint density at radius 3 is 1.94 bits per heavy atom. The van der Waals surface area contributed by atoms with E-state index in [1.165, 1.54) is 28.1 Å². The zero-order chi connectivity index (χ0) is 38.7. The van der Waals surface area contributed by atoms with E-state index in [1.54, 1.807) is 0 Å². The number of fused-ring (bicyclic) bond motifs is 1. The number of ether oxygens (including phenoxy) is 3. The SMILES string of the molecule is NC(=O)c1ncn([C@@H]2O[C@H](CO)[C@@H](O)[C@H]2O)c1N.Nc1ncnc2c1ncn2[C@@H]1O[C@H](CO)C[C@@H]1F.O=c1ccn([C@@H]2O[C@H](CO)[C@@H](O)[C@H]2O)c(=O)[nH]1. The molecule has 25 heteroatoms. The number of amides is 1. The van der Waals surface area contributed by atoms with Crippen LogP contribution in [0.1, 0.15) is 35.6 Å². The molecule has 3 aliphatic heterocycles. The number of aromatic amines is 1. The molecular weight excluding hydrogens is 717 g/mol. The van der Waals surface area contributed by atoms with E-state index in [0.717, 1.165) is 16.8 Å². The number of anilines is 2. The molecule has 4 aromatic heterocycles. The highest BCUT2D eigenvalue weighted by Crippen LogP contribution is 2.34. The van der Waals surface area contributed by atoms with Crippen LogP contribution in [0.4, 0.5) is 16.0 Å². The molecule has 0 bridgehead atoms. The third-order valence-electron chi connectivity index (χ3n) is 8.49. The first-order chi connectivity index (χ1) is 25.2. The average Bonchev–Trinajstić information content (AvgIpc) is 3.94. The Morgan fingerprint density at radius 1 is 0.830 bits per heavy atom. The van der Waals surface area contributed by atoms with Crippen molar-refractivity contribution in [2.45, 2.75) is 74.0 Å². The van der Waals surface area contributed by atoms with E-state index in [4.69, 9.17) is 46.7 Å². The van der Waals surface area contributed by atoms with Crippen LogP contribution in [0.3, 0.4) is 0 Å². The van der Waals surface area contributed by atoms with Crippen molar-refractivity contribution >= 4 is 28.7 Å². The first-order valence-electron chi connectivity index (χ1n) is 15.7. The molecule has 0 aliphatic carbocycles. The molecule has 0 spiro atoms. The van der Waals surface area contributed by atoms with Gasteiger partial charge >= 0.3 is 5.69 Å². The number of aliphatic hydroxyl groups is 7. The van der Waals surface area contributed by atoms with Crippen LogP contribution in [0.25, 0.3) is 11.2 Å². The summed E-state index contributed by atoms with van der Waals surface area (Å²) in [5.74, 6) is -0.638. The number of imidazole rings is 2. The summed E-state index contributed by atoms with van der Waals surface area (Å²) in [4.78, 5) is 50.9. The topological polar surface area (TPSA) is 381 Å². The van der Waals surface area contributed by atoms with Gasteiger partial charge in [0.05, 0.1) is 38.6 Å². The van der Waals surface area contributed by atoms with Crippen molar-refractivity contribution in [2.24, 2.45) is 5.73 Å². The highest BCUT2D eigenvalue weighted by molar-refractivity contribution is 5.95. The summed E-state index contributed by atoms with van der Waals surface area (Å²) in [6, 6.07) is 1.09. The summed E-state index contributed by atoms with van der Waals surface area (Å²) in [7, 11) is 0. The summed E-state index contributed by atoms with van der Waals surface area (Å²) in [6.45, 7) is -1.14. The van der Waals surface area contributed by atoms with Crippen LogP contribution in [0, 0.1) is 0 Å². The summed E-state index contributed by atoms with van der Waals surface area (Å²) in [5, 5.41) is 65.4. The Labute approximate surface area is 295 Å². The number of primary amides is 1. The Morgan fingerprint density at radius 2 is 1.43 bits per heavy atom. The first-order valence-corrected chi connectivity index (χ1v) is 15.7. The number of alkyl halides is 1. The number of rotatable bonds is 7. The number of carbonyl (C=O) groups is 1. The number of nitrogens with zero attached hydrogens (tertiary/aromatic N) is 7. The second kappa shape index (κ2) is 16.4. The zero-order valence-corrected chi connectivity index (χ0v) is 27.4. The van der Waals surface area contributed by atoms with E-state index in [-0.39, 0.29) is 30.4 Å². The molecule has 1 amide bonds. The molecule has 24 nitrogen and oxygen atoms in total. The minimum Gasteiger partial charge on any atom is -0.394 e. The molecular formula is C28H38FN11O13. The minimum absolute atomic E-state index is 0.0719. The van der Waals surface area contributed by atoms with Gasteiger partial charge in [0.25, 0.3) is 11.5 Å². The van der Waals surface area contributed by atoms with E-state index in [0.29, 0.717) is 11.2 Å². The van der Waals surface area contributed by atoms with Gasteiger partial charge in [-0.1, -0.05) is 0 Å². The van der Waals surface area contributed by atoms with Crippen molar-refractivity contribution in [3.05, 3.63) is 57.8 Å². The third-order valence-corrected chi connectivity index (χ3v) is 8.49. The lowest BCUT2D eigenvalue weighted by atomic mass is 10.1. The number of aromatic nitrogens is 8. The van der Waals surface area contributed by atoms with Gasteiger partial charge in [0.2, 0.25) is 0 Å². The average molecular weight is 756 g/mol. The molecule has 3 saturated heterocycles. The van der Waals surface area contributed by atoms with E-state index >= 15 is 0 Å². The molecule has 14 N–H and O–H groups in total. The molecule has 0 unspecified atom stereocenters. The van der Waals surface area contributed by atoms with Gasteiger partial charge < -0.3 is 67.2 Å². The van der Waals surface area contributed by atoms with Gasteiger partial charge in [-0.3, -0.25) is 28.3 Å². The van der Waals surface area contributed by atoms with Crippen molar-refractivity contribution in [3.63, 3.8) is 0 Å². The molecule has 290 valence electrons. The maximum absolute atomic E-state index is 13.9. The lowest BCUT2D eigenvalue weighted by Gasteiger charge is -2.17. The molecule has 11 atom stereocenters. The third kappa shape index (κ3) is 7.88. The largest absolute Gasteiger partial charge is 0.394 e. The molecule has 0 radical (unpaired) electrons. The monoisotopic (exact) mass is 755 g/mol. The van der Waals surface area contributed by atoms with Crippen molar-refractivity contribution < 1.29 is 59.1 Å². The van der Waals surface area contributed by atoms with E-state index in [2.05, 4.69) is 19.9 Å². The summed E-state index contributed by atoms with van der Waals surface area (Å²) in [5.41, 5.74) is 15.7. The fourth-order valence-corrected chi connectivity index (χ4v) is 5.73. The van der Waals surface area contributed by atoms with Gasteiger partial charge in [-0.05, 0) is 0 Å². The van der Waals surface area contributed by atoms with Gasteiger partial charge in [-0.15, -0.1) is 0 Å². The number of H-pyrrole nitrogens is 1. The number of nitrogens with two attached hydrogens (primary N) is 3. The second-order valence-electron chi connectivity index (χ2n) is 11.9. The predicted molar refractivity (Wildman–Crippen MR) is 173 cm³/mol. The second-order valence-corrected chi connectivity index (χ2v) is 11.9. The highest BCUT2D eigenvalue weighted by atomic mass is 19.1. The number of halogens is 1. The van der Waals surface area contributed by atoms with Crippen LogP contribution >= 0.6 is 0 Å². The van der Waals surface area contributed by atoms with Crippen LogP contribution in [0.5, 0.6) is 0 Å². The van der Waals surface area contributed by atoms with Crippen LogP contribution in [0.15, 0.2) is 40.8 Å². The summed E-state index contributed by atoms with van der Waals surface area (Å²) >= 11 is 0. The number of nitrogens with one attached hydrogen (secondary N) is 1.